The fraction of sp³-hybridized carbons (Fsp3) is 0.750. The van der Waals surface area contributed by atoms with Gasteiger partial charge in [0.05, 0.1) is 17.8 Å². The first-order valence-electron chi connectivity index (χ1n) is 6.31. The minimum atomic E-state index is -0.885. The van der Waals surface area contributed by atoms with Crippen LogP contribution in [0, 0.1) is 0 Å². The lowest BCUT2D eigenvalue weighted by Crippen LogP contribution is -2.10. The summed E-state index contributed by atoms with van der Waals surface area (Å²) in [6, 6.07) is 0. The molecule has 18 heavy (non-hydrogen) atoms. The molecule has 0 spiro atoms. The average molecular weight is 255 g/mol. The fourth-order valence-electron chi connectivity index (χ4n) is 1.97. The van der Waals surface area contributed by atoms with E-state index in [2.05, 4.69) is 10.3 Å². The van der Waals surface area contributed by atoms with Crippen LogP contribution in [0.2, 0.25) is 0 Å². The van der Waals surface area contributed by atoms with E-state index >= 15 is 0 Å². The van der Waals surface area contributed by atoms with Gasteiger partial charge in [-0.1, -0.05) is 19.1 Å². The number of carbonyl (C=O) groups is 1. The zero-order valence-electron chi connectivity index (χ0n) is 11.0. The molecule has 0 atom stereocenters. The zero-order valence-corrected chi connectivity index (χ0v) is 11.0. The number of rotatable bonds is 8. The first kappa shape index (κ1) is 14.6. The van der Waals surface area contributed by atoms with E-state index in [1.54, 1.807) is 4.68 Å². The molecule has 1 rings (SSSR count). The standard InChI is InChI=1S/C12H21N3O3/c1-9(2)12-10(8-11(17)18)13-14-15(12)6-4-3-5-7-16/h9,16H,3-8H2,1-2H3,(H,17,18). The summed E-state index contributed by atoms with van der Waals surface area (Å²) in [5.74, 6) is -0.684. The quantitative estimate of drug-likeness (QED) is 0.681. The summed E-state index contributed by atoms with van der Waals surface area (Å²) in [4.78, 5) is 10.7. The molecule has 0 aliphatic carbocycles. The Balaban J connectivity index is 2.72. The Morgan fingerprint density at radius 1 is 1.33 bits per heavy atom. The Labute approximate surface area is 107 Å². The third-order valence-electron chi connectivity index (χ3n) is 2.74. The highest BCUT2D eigenvalue weighted by Gasteiger charge is 2.17. The molecule has 0 saturated heterocycles. The summed E-state index contributed by atoms with van der Waals surface area (Å²) in [7, 11) is 0. The van der Waals surface area contributed by atoms with E-state index in [9.17, 15) is 4.79 Å². The Morgan fingerprint density at radius 2 is 2.06 bits per heavy atom. The lowest BCUT2D eigenvalue weighted by Gasteiger charge is -2.10. The number of aliphatic carboxylic acids is 1. The van der Waals surface area contributed by atoms with Crippen molar-refractivity contribution in [3.63, 3.8) is 0 Å². The molecule has 0 unspecified atom stereocenters. The van der Waals surface area contributed by atoms with Gasteiger partial charge in [0.25, 0.3) is 0 Å². The lowest BCUT2D eigenvalue weighted by molar-refractivity contribution is -0.136. The Morgan fingerprint density at radius 3 is 2.61 bits per heavy atom. The Kier molecular flexibility index (Phi) is 5.77. The highest BCUT2D eigenvalue weighted by Crippen LogP contribution is 2.18. The van der Waals surface area contributed by atoms with E-state index in [-0.39, 0.29) is 18.9 Å². The van der Waals surface area contributed by atoms with E-state index in [0.717, 1.165) is 31.5 Å². The van der Waals surface area contributed by atoms with Crippen molar-refractivity contribution in [3.8, 4) is 0 Å². The van der Waals surface area contributed by atoms with Crippen molar-refractivity contribution >= 4 is 5.97 Å². The third-order valence-corrected chi connectivity index (χ3v) is 2.74. The number of hydrogen-bond acceptors (Lipinski definition) is 4. The van der Waals surface area contributed by atoms with Gasteiger partial charge in [-0.05, 0) is 25.2 Å². The summed E-state index contributed by atoms with van der Waals surface area (Å²) in [5.41, 5.74) is 1.46. The van der Waals surface area contributed by atoms with Gasteiger partial charge in [0, 0.05) is 13.2 Å². The molecular weight excluding hydrogens is 234 g/mol. The molecule has 1 aromatic rings. The number of aromatic nitrogens is 3. The summed E-state index contributed by atoms with van der Waals surface area (Å²) in [5, 5.41) is 25.5. The smallest absolute Gasteiger partial charge is 0.309 e. The number of carboxylic acids is 1. The van der Waals surface area contributed by atoms with Crippen molar-refractivity contribution in [1.29, 1.82) is 0 Å². The number of aliphatic hydroxyl groups excluding tert-OH is 1. The predicted octanol–water partition coefficient (Wildman–Crippen LogP) is 1.19. The van der Waals surface area contributed by atoms with Crippen LogP contribution in [-0.2, 0) is 17.8 Å². The largest absolute Gasteiger partial charge is 0.481 e. The van der Waals surface area contributed by atoms with Crippen LogP contribution in [0.15, 0.2) is 0 Å². The number of hydrogen-bond donors (Lipinski definition) is 2. The zero-order chi connectivity index (χ0) is 13.5. The maximum Gasteiger partial charge on any atom is 0.309 e. The molecule has 102 valence electrons. The minimum absolute atomic E-state index is 0.0792. The van der Waals surface area contributed by atoms with Crippen molar-refractivity contribution < 1.29 is 15.0 Å². The van der Waals surface area contributed by atoms with Gasteiger partial charge in [-0.2, -0.15) is 0 Å². The molecule has 2 N–H and O–H groups in total. The van der Waals surface area contributed by atoms with Gasteiger partial charge in [-0.15, -0.1) is 5.10 Å². The Bertz CT molecular complexity index is 388. The highest BCUT2D eigenvalue weighted by atomic mass is 16.4. The Hall–Kier alpha value is -1.43. The molecule has 0 radical (unpaired) electrons. The van der Waals surface area contributed by atoms with Crippen LogP contribution in [0.25, 0.3) is 0 Å². The second kappa shape index (κ2) is 7.10. The molecule has 0 amide bonds. The van der Waals surface area contributed by atoms with Gasteiger partial charge in [0.2, 0.25) is 0 Å². The number of aryl methyl sites for hydroxylation is 1. The van der Waals surface area contributed by atoms with E-state index < -0.39 is 5.97 Å². The summed E-state index contributed by atoms with van der Waals surface area (Å²) >= 11 is 0. The van der Waals surface area contributed by atoms with E-state index in [1.807, 2.05) is 13.8 Å². The number of nitrogens with zero attached hydrogens (tertiary/aromatic N) is 3. The molecule has 0 bridgehead atoms. The van der Waals surface area contributed by atoms with Crippen molar-refractivity contribution in [2.75, 3.05) is 6.61 Å². The van der Waals surface area contributed by atoms with Crippen LogP contribution in [0.5, 0.6) is 0 Å². The highest BCUT2D eigenvalue weighted by molar-refractivity contribution is 5.69. The molecule has 1 heterocycles. The second-order valence-corrected chi connectivity index (χ2v) is 4.65. The number of carboxylic acid groups (broad SMARTS) is 1. The summed E-state index contributed by atoms with van der Waals surface area (Å²) < 4.78 is 1.79. The molecule has 0 aromatic carbocycles. The van der Waals surface area contributed by atoms with Gasteiger partial charge in [-0.25, -0.2) is 4.68 Å². The predicted molar refractivity (Wildman–Crippen MR) is 66.4 cm³/mol. The first-order valence-corrected chi connectivity index (χ1v) is 6.31. The summed E-state index contributed by atoms with van der Waals surface area (Å²) in [6.07, 6.45) is 2.55. The normalized spacial score (nSPS) is 11.1. The van der Waals surface area contributed by atoms with Gasteiger partial charge < -0.3 is 10.2 Å². The third kappa shape index (κ3) is 4.10. The fourth-order valence-corrected chi connectivity index (χ4v) is 1.97. The van der Waals surface area contributed by atoms with Crippen LogP contribution in [0.1, 0.15) is 50.4 Å². The molecule has 6 nitrogen and oxygen atoms in total. The maximum absolute atomic E-state index is 10.7. The summed E-state index contributed by atoms with van der Waals surface area (Å²) in [6.45, 7) is 4.95. The van der Waals surface area contributed by atoms with Crippen LogP contribution in [0.3, 0.4) is 0 Å². The molecule has 0 aliphatic rings. The van der Waals surface area contributed by atoms with E-state index in [4.69, 9.17) is 10.2 Å². The lowest BCUT2D eigenvalue weighted by atomic mass is 10.1. The van der Waals surface area contributed by atoms with Crippen LogP contribution in [-0.4, -0.2) is 37.8 Å². The van der Waals surface area contributed by atoms with E-state index in [0.29, 0.717) is 5.69 Å². The second-order valence-electron chi connectivity index (χ2n) is 4.65. The minimum Gasteiger partial charge on any atom is -0.481 e. The van der Waals surface area contributed by atoms with Crippen molar-refractivity contribution in [1.82, 2.24) is 15.0 Å². The van der Waals surface area contributed by atoms with Crippen LogP contribution >= 0.6 is 0 Å². The monoisotopic (exact) mass is 255 g/mol. The van der Waals surface area contributed by atoms with Crippen molar-refractivity contribution in [3.05, 3.63) is 11.4 Å². The maximum atomic E-state index is 10.7. The topological polar surface area (TPSA) is 88.2 Å². The molecule has 0 aliphatic heterocycles. The SMILES string of the molecule is CC(C)c1c(CC(=O)O)nnn1CCCCCO. The van der Waals surface area contributed by atoms with Crippen LogP contribution < -0.4 is 0 Å². The first-order chi connectivity index (χ1) is 8.56. The number of unbranched alkanes of at least 4 members (excludes halogenated alkanes) is 2. The molecule has 0 fully saturated rings. The number of aliphatic hydroxyl groups is 1. The molecular formula is C12H21N3O3. The van der Waals surface area contributed by atoms with Gasteiger partial charge in [0.15, 0.2) is 0 Å². The van der Waals surface area contributed by atoms with Crippen molar-refractivity contribution in [2.45, 2.75) is 52.0 Å². The molecule has 6 heteroatoms. The average Bonchev–Trinajstić information content (AvgIpc) is 2.66. The van der Waals surface area contributed by atoms with Gasteiger partial charge in [0.1, 0.15) is 0 Å². The molecule has 0 saturated carbocycles. The van der Waals surface area contributed by atoms with Crippen molar-refractivity contribution in [2.24, 2.45) is 0 Å². The van der Waals surface area contributed by atoms with E-state index in [1.165, 1.54) is 0 Å². The van der Waals surface area contributed by atoms with Gasteiger partial charge in [-0.3, -0.25) is 4.79 Å². The van der Waals surface area contributed by atoms with Crippen LogP contribution in [0.4, 0.5) is 0 Å². The molecule has 1 aromatic heterocycles. The van der Waals surface area contributed by atoms with Gasteiger partial charge >= 0.3 is 5.97 Å².